The fraction of sp³-hybridized carbons (Fsp3) is 0.500. The van der Waals surface area contributed by atoms with Gasteiger partial charge in [0.15, 0.2) is 5.69 Å². The smallest absolute Gasteiger partial charge is 0.307 e. The number of nitro groups is 1. The van der Waals surface area contributed by atoms with E-state index in [0.29, 0.717) is 19.5 Å². The summed E-state index contributed by atoms with van der Waals surface area (Å²) in [5.74, 6) is -0.808. The molecule has 2 aromatic heterocycles. The molecule has 0 aliphatic carbocycles. The summed E-state index contributed by atoms with van der Waals surface area (Å²) in [6, 6.07) is -0.754. The van der Waals surface area contributed by atoms with Gasteiger partial charge in [0.1, 0.15) is 18.4 Å². The third kappa shape index (κ3) is 4.68. The number of aromatic nitrogens is 4. The molecular formula is C16H23N7O4. The van der Waals surface area contributed by atoms with Gasteiger partial charge in [0.2, 0.25) is 5.91 Å². The number of nitrogens with one attached hydrogen (secondary N) is 2. The Morgan fingerprint density at radius 1 is 1.30 bits per heavy atom. The minimum atomic E-state index is -0.754. The molecule has 2 heterocycles. The van der Waals surface area contributed by atoms with Gasteiger partial charge >= 0.3 is 5.69 Å². The largest absolute Gasteiger partial charge is 0.351 e. The Balaban J connectivity index is 2.23. The number of rotatable bonds is 9. The van der Waals surface area contributed by atoms with Gasteiger partial charge in [-0.15, -0.1) is 0 Å². The fourth-order valence-electron chi connectivity index (χ4n) is 2.47. The first-order chi connectivity index (χ1) is 12.9. The van der Waals surface area contributed by atoms with Gasteiger partial charge < -0.3 is 10.6 Å². The number of hydrogen-bond donors (Lipinski definition) is 2. The zero-order valence-corrected chi connectivity index (χ0v) is 15.5. The number of carbonyl (C=O) groups excluding carboxylic acids is 2. The summed E-state index contributed by atoms with van der Waals surface area (Å²) in [6.07, 6.45) is 5.02. The van der Waals surface area contributed by atoms with Crippen LogP contribution in [0.15, 0.2) is 18.6 Å². The lowest BCUT2D eigenvalue weighted by Crippen LogP contribution is -2.29. The van der Waals surface area contributed by atoms with Gasteiger partial charge in [0.25, 0.3) is 5.91 Å². The molecule has 0 radical (unpaired) electrons. The van der Waals surface area contributed by atoms with Gasteiger partial charge in [0, 0.05) is 19.3 Å². The van der Waals surface area contributed by atoms with Crippen LogP contribution >= 0.6 is 0 Å². The highest BCUT2D eigenvalue weighted by Gasteiger charge is 2.25. The Bertz CT molecular complexity index is 827. The molecule has 2 aromatic rings. The van der Waals surface area contributed by atoms with Crippen LogP contribution in [0, 0.1) is 10.1 Å². The molecule has 0 bridgehead atoms. The van der Waals surface area contributed by atoms with Crippen LogP contribution in [0.2, 0.25) is 0 Å². The molecule has 11 heteroatoms. The van der Waals surface area contributed by atoms with E-state index < -0.39 is 16.9 Å². The standard InChI is InChI=1S/C16H23N7O4/c1-4-7-17-16(25)14-12(10-21(6-3)20-14)19-15(24)13(5-2)22-9-11(8-18-22)23(26)27/h8-10,13H,4-7H2,1-3H3,(H,17,25)(H,19,24). The second kappa shape index (κ2) is 8.92. The molecular weight excluding hydrogens is 354 g/mol. The van der Waals surface area contributed by atoms with E-state index in [9.17, 15) is 19.7 Å². The maximum absolute atomic E-state index is 12.7. The van der Waals surface area contributed by atoms with Crippen LogP contribution in [0.1, 0.15) is 50.1 Å². The van der Waals surface area contributed by atoms with Crippen LogP contribution in [0.5, 0.6) is 0 Å². The SMILES string of the molecule is CCCNC(=O)c1nn(CC)cc1NC(=O)C(CC)n1cc([N+](=O)[O-])cn1. The van der Waals surface area contributed by atoms with Crippen molar-refractivity contribution in [1.82, 2.24) is 24.9 Å². The van der Waals surface area contributed by atoms with Crippen molar-refractivity contribution in [2.24, 2.45) is 0 Å². The van der Waals surface area contributed by atoms with Crippen LogP contribution in [0.3, 0.4) is 0 Å². The van der Waals surface area contributed by atoms with Gasteiger partial charge in [-0.2, -0.15) is 10.2 Å². The predicted molar refractivity (Wildman–Crippen MR) is 97.4 cm³/mol. The normalized spacial score (nSPS) is 11.8. The van der Waals surface area contributed by atoms with Crippen molar-refractivity contribution in [2.45, 2.75) is 46.2 Å². The monoisotopic (exact) mass is 377 g/mol. The van der Waals surface area contributed by atoms with Gasteiger partial charge in [-0.3, -0.25) is 29.1 Å². The van der Waals surface area contributed by atoms with E-state index in [0.717, 1.165) is 12.6 Å². The van der Waals surface area contributed by atoms with Crippen molar-refractivity contribution >= 4 is 23.2 Å². The molecule has 2 N–H and O–H groups in total. The molecule has 0 saturated heterocycles. The van der Waals surface area contributed by atoms with Crippen molar-refractivity contribution < 1.29 is 14.5 Å². The quantitative estimate of drug-likeness (QED) is 0.504. The average molecular weight is 377 g/mol. The number of carbonyl (C=O) groups is 2. The molecule has 0 aromatic carbocycles. The molecule has 0 fully saturated rings. The predicted octanol–water partition coefficient (Wildman–Crippen LogP) is 1.74. The highest BCUT2D eigenvalue weighted by Crippen LogP contribution is 2.20. The highest BCUT2D eigenvalue weighted by atomic mass is 16.6. The fourth-order valence-corrected chi connectivity index (χ4v) is 2.47. The minimum absolute atomic E-state index is 0.125. The lowest BCUT2D eigenvalue weighted by molar-refractivity contribution is -0.385. The Hall–Kier alpha value is -3.24. The number of nitrogens with zero attached hydrogens (tertiary/aromatic N) is 5. The number of anilines is 1. The zero-order chi connectivity index (χ0) is 20.0. The molecule has 2 rings (SSSR count). The van der Waals surface area contributed by atoms with Gasteiger partial charge in [-0.25, -0.2) is 0 Å². The maximum atomic E-state index is 12.7. The highest BCUT2D eigenvalue weighted by molar-refractivity contribution is 6.03. The third-order valence-corrected chi connectivity index (χ3v) is 3.90. The van der Waals surface area contributed by atoms with Gasteiger partial charge in [-0.05, 0) is 19.8 Å². The second-order valence-electron chi connectivity index (χ2n) is 5.85. The third-order valence-electron chi connectivity index (χ3n) is 3.90. The molecule has 1 unspecified atom stereocenters. The van der Waals surface area contributed by atoms with E-state index >= 15 is 0 Å². The summed E-state index contributed by atoms with van der Waals surface area (Å²) in [5.41, 5.74) is 0.218. The van der Waals surface area contributed by atoms with Crippen LogP contribution < -0.4 is 10.6 Å². The van der Waals surface area contributed by atoms with Crippen molar-refractivity contribution in [3.05, 3.63) is 34.4 Å². The van der Waals surface area contributed by atoms with Crippen LogP contribution in [-0.4, -0.2) is 42.8 Å². The Morgan fingerprint density at radius 3 is 2.59 bits per heavy atom. The summed E-state index contributed by atoms with van der Waals surface area (Å²) in [6.45, 7) is 6.60. The molecule has 11 nitrogen and oxygen atoms in total. The van der Waals surface area contributed by atoms with Crippen LogP contribution in [0.25, 0.3) is 0 Å². The van der Waals surface area contributed by atoms with E-state index in [4.69, 9.17) is 0 Å². The average Bonchev–Trinajstić information content (AvgIpc) is 3.27. The van der Waals surface area contributed by atoms with Crippen molar-refractivity contribution in [2.75, 3.05) is 11.9 Å². The summed E-state index contributed by atoms with van der Waals surface area (Å²) < 4.78 is 2.80. The maximum Gasteiger partial charge on any atom is 0.307 e. The van der Waals surface area contributed by atoms with Gasteiger partial charge in [-0.1, -0.05) is 13.8 Å². The molecule has 0 saturated carbocycles. The minimum Gasteiger partial charge on any atom is -0.351 e. The van der Waals surface area contributed by atoms with E-state index in [2.05, 4.69) is 20.8 Å². The Labute approximate surface area is 155 Å². The zero-order valence-electron chi connectivity index (χ0n) is 15.5. The molecule has 0 aliphatic heterocycles. The molecule has 0 aliphatic rings. The molecule has 27 heavy (non-hydrogen) atoms. The summed E-state index contributed by atoms with van der Waals surface area (Å²) in [5, 5.41) is 24.4. The topological polar surface area (TPSA) is 137 Å². The summed E-state index contributed by atoms with van der Waals surface area (Å²) >= 11 is 0. The first-order valence-corrected chi connectivity index (χ1v) is 8.76. The molecule has 146 valence electrons. The van der Waals surface area contributed by atoms with Crippen LogP contribution in [-0.2, 0) is 11.3 Å². The second-order valence-corrected chi connectivity index (χ2v) is 5.85. The summed E-state index contributed by atoms with van der Waals surface area (Å²) in [7, 11) is 0. The molecule has 0 spiro atoms. The summed E-state index contributed by atoms with van der Waals surface area (Å²) in [4.78, 5) is 35.2. The number of hydrogen-bond acceptors (Lipinski definition) is 6. The van der Waals surface area contributed by atoms with Gasteiger partial charge in [0.05, 0.1) is 10.6 Å². The number of aryl methyl sites for hydroxylation is 1. The van der Waals surface area contributed by atoms with Crippen molar-refractivity contribution in [3.63, 3.8) is 0 Å². The van der Waals surface area contributed by atoms with E-state index in [1.165, 1.54) is 10.9 Å². The van der Waals surface area contributed by atoms with Crippen LogP contribution in [0.4, 0.5) is 11.4 Å². The van der Waals surface area contributed by atoms with E-state index in [-0.39, 0.29) is 23.0 Å². The van der Waals surface area contributed by atoms with E-state index in [1.807, 2.05) is 13.8 Å². The lowest BCUT2D eigenvalue weighted by atomic mass is 10.2. The molecule has 1 atom stereocenters. The van der Waals surface area contributed by atoms with Crippen molar-refractivity contribution in [3.8, 4) is 0 Å². The van der Waals surface area contributed by atoms with Crippen molar-refractivity contribution in [1.29, 1.82) is 0 Å². The first-order valence-electron chi connectivity index (χ1n) is 8.76. The Kier molecular flexibility index (Phi) is 6.63. The Morgan fingerprint density at radius 2 is 2.04 bits per heavy atom. The lowest BCUT2D eigenvalue weighted by Gasteiger charge is -2.15. The number of amides is 2. The first kappa shape index (κ1) is 20.1. The van der Waals surface area contributed by atoms with E-state index in [1.54, 1.807) is 17.8 Å². The molecule has 2 amide bonds.